The predicted octanol–water partition coefficient (Wildman–Crippen LogP) is 3.75. The first-order valence-electron chi connectivity index (χ1n) is 7.26. The molecule has 0 N–H and O–H groups in total. The van der Waals surface area contributed by atoms with Crippen molar-refractivity contribution in [2.45, 2.75) is 53.1 Å². The summed E-state index contributed by atoms with van der Waals surface area (Å²) in [5.74, 6) is 0. The molecule has 1 aliphatic heterocycles. The highest BCUT2D eigenvalue weighted by molar-refractivity contribution is 5.69. The van der Waals surface area contributed by atoms with Gasteiger partial charge in [0.15, 0.2) is 0 Å². The normalized spacial score (nSPS) is 22.9. The van der Waals surface area contributed by atoms with Crippen LogP contribution in [-0.4, -0.2) is 32.1 Å². The van der Waals surface area contributed by atoms with Gasteiger partial charge in [-0.1, -0.05) is 0 Å². The van der Waals surface area contributed by atoms with Crippen molar-refractivity contribution in [1.82, 2.24) is 4.90 Å². The second kappa shape index (κ2) is 4.82. The van der Waals surface area contributed by atoms with E-state index in [0.29, 0.717) is 12.1 Å². The summed E-state index contributed by atoms with van der Waals surface area (Å²) in [5, 5.41) is 0. The van der Waals surface area contributed by atoms with Crippen LogP contribution in [0.4, 0.5) is 5.69 Å². The zero-order chi connectivity index (χ0) is 14.5. The van der Waals surface area contributed by atoms with Crippen molar-refractivity contribution in [3.8, 4) is 0 Å². The largest absolute Gasteiger partial charge is 0.371 e. The molecule has 0 saturated heterocycles. The molecule has 0 saturated carbocycles. The Balaban J connectivity index is 2.78. The van der Waals surface area contributed by atoms with Crippen LogP contribution in [0.25, 0.3) is 0 Å². The first kappa shape index (κ1) is 14.4. The molecule has 0 bridgehead atoms. The van der Waals surface area contributed by atoms with Crippen LogP contribution in [0.5, 0.6) is 0 Å². The van der Waals surface area contributed by atoms with Gasteiger partial charge in [-0.25, -0.2) is 0 Å². The molecule has 2 rings (SSSR count). The van der Waals surface area contributed by atoms with E-state index in [1.165, 1.54) is 34.4 Å². The smallest absolute Gasteiger partial charge is 0.0449 e. The van der Waals surface area contributed by atoms with Crippen molar-refractivity contribution < 1.29 is 0 Å². The minimum absolute atomic E-state index is 0.541. The summed E-state index contributed by atoms with van der Waals surface area (Å²) in [6.45, 7) is 11.4. The van der Waals surface area contributed by atoms with Crippen LogP contribution in [0, 0.1) is 27.7 Å². The van der Waals surface area contributed by atoms with Gasteiger partial charge in [0.2, 0.25) is 0 Å². The van der Waals surface area contributed by atoms with Gasteiger partial charge in [0.1, 0.15) is 0 Å². The van der Waals surface area contributed by atoms with Crippen molar-refractivity contribution in [3.63, 3.8) is 0 Å². The first-order chi connectivity index (χ1) is 8.77. The fourth-order valence-electron chi connectivity index (χ4n) is 3.47. The second-order valence-electron chi connectivity index (χ2n) is 6.44. The van der Waals surface area contributed by atoms with Crippen molar-refractivity contribution >= 4 is 5.69 Å². The van der Waals surface area contributed by atoms with Gasteiger partial charge in [0.25, 0.3) is 0 Å². The number of benzene rings is 1. The van der Waals surface area contributed by atoms with Gasteiger partial charge in [-0.2, -0.15) is 0 Å². The van der Waals surface area contributed by atoms with Gasteiger partial charge < -0.3 is 9.80 Å². The van der Waals surface area contributed by atoms with Gasteiger partial charge in [-0.3, -0.25) is 0 Å². The van der Waals surface area contributed by atoms with Crippen LogP contribution in [0.2, 0.25) is 0 Å². The Bertz CT molecular complexity index is 503. The Labute approximate surface area is 118 Å². The third kappa shape index (κ3) is 2.06. The molecule has 0 aromatic heterocycles. The molecule has 2 atom stereocenters. The van der Waals surface area contributed by atoms with Crippen LogP contribution < -0.4 is 4.90 Å². The van der Waals surface area contributed by atoms with Crippen LogP contribution in [0.1, 0.15) is 47.2 Å². The minimum atomic E-state index is 0.541. The summed E-state index contributed by atoms with van der Waals surface area (Å²) in [4.78, 5) is 4.85. The predicted molar refractivity (Wildman–Crippen MR) is 84.3 cm³/mol. The maximum absolute atomic E-state index is 2.48. The highest BCUT2D eigenvalue weighted by atomic mass is 15.2. The fraction of sp³-hybridized carbons (Fsp3) is 0.647. The summed E-state index contributed by atoms with van der Waals surface area (Å²) >= 11 is 0. The Morgan fingerprint density at radius 2 is 1.47 bits per heavy atom. The number of rotatable bonds is 1. The van der Waals surface area contributed by atoms with Gasteiger partial charge in [0, 0.05) is 24.8 Å². The molecule has 2 unspecified atom stereocenters. The van der Waals surface area contributed by atoms with Crippen molar-refractivity contribution in [1.29, 1.82) is 0 Å². The van der Waals surface area contributed by atoms with Crippen molar-refractivity contribution in [2.24, 2.45) is 0 Å². The zero-order valence-electron chi connectivity index (χ0n) is 13.8. The highest BCUT2D eigenvalue weighted by Gasteiger charge is 2.33. The number of hydrogen-bond donors (Lipinski definition) is 0. The van der Waals surface area contributed by atoms with Crippen molar-refractivity contribution in [3.05, 3.63) is 27.8 Å². The topological polar surface area (TPSA) is 6.48 Å². The number of fused-ring (bicyclic) bond motifs is 1. The third-order valence-corrected chi connectivity index (χ3v) is 5.24. The Morgan fingerprint density at radius 1 is 0.947 bits per heavy atom. The second-order valence-corrected chi connectivity index (χ2v) is 6.44. The first-order valence-corrected chi connectivity index (χ1v) is 7.26. The lowest BCUT2D eigenvalue weighted by molar-refractivity contribution is 0.260. The lowest BCUT2D eigenvalue weighted by atomic mass is 9.82. The van der Waals surface area contributed by atoms with Gasteiger partial charge in [-0.05, 0) is 83.0 Å². The quantitative estimate of drug-likeness (QED) is 0.759. The molecular formula is C17H28N2. The molecule has 1 aromatic rings. The Kier molecular flexibility index (Phi) is 3.65. The SMILES string of the molecule is Cc1c(C)c(C)c2c(c1C)C(N(C)C)CC(C)N2C. The molecule has 0 amide bonds. The van der Waals surface area contributed by atoms with E-state index in [1.54, 1.807) is 5.56 Å². The molecule has 106 valence electrons. The number of hydrogen-bond acceptors (Lipinski definition) is 2. The molecule has 2 nitrogen and oxygen atoms in total. The van der Waals surface area contributed by atoms with E-state index in [2.05, 4.69) is 65.6 Å². The Morgan fingerprint density at radius 3 is 2.00 bits per heavy atom. The Hall–Kier alpha value is -1.02. The fourth-order valence-corrected chi connectivity index (χ4v) is 3.47. The number of nitrogens with zero attached hydrogens (tertiary/aromatic N) is 2. The van der Waals surface area contributed by atoms with Gasteiger partial charge in [0.05, 0.1) is 0 Å². The molecule has 0 fully saturated rings. The van der Waals surface area contributed by atoms with Gasteiger partial charge in [-0.15, -0.1) is 0 Å². The van der Waals surface area contributed by atoms with E-state index in [9.17, 15) is 0 Å². The van der Waals surface area contributed by atoms with Crippen LogP contribution in [-0.2, 0) is 0 Å². The third-order valence-electron chi connectivity index (χ3n) is 5.24. The summed E-state index contributed by atoms with van der Waals surface area (Å²) in [5.41, 5.74) is 8.87. The molecule has 0 spiro atoms. The maximum Gasteiger partial charge on any atom is 0.0449 e. The van der Waals surface area contributed by atoms with E-state index in [4.69, 9.17) is 0 Å². The van der Waals surface area contributed by atoms with Gasteiger partial charge >= 0.3 is 0 Å². The zero-order valence-corrected chi connectivity index (χ0v) is 13.8. The summed E-state index contributed by atoms with van der Waals surface area (Å²) in [6, 6.07) is 1.14. The van der Waals surface area contributed by atoms with Crippen LogP contribution >= 0.6 is 0 Å². The lowest BCUT2D eigenvalue weighted by Gasteiger charge is -2.43. The summed E-state index contributed by atoms with van der Waals surface area (Å²) in [6.07, 6.45) is 1.21. The standard InChI is InChI=1S/C17H28N2/c1-10-9-15(18(6)7)16-13(4)11(2)12(3)14(5)17(16)19(10)8/h10,15H,9H2,1-8H3. The molecule has 1 aliphatic rings. The molecule has 0 aliphatic carbocycles. The van der Waals surface area contributed by atoms with E-state index in [1.807, 2.05) is 0 Å². The van der Waals surface area contributed by atoms with E-state index in [0.717, 1.165) is 0 Å². The molecule has 0 radical (unpaired) electrons. The van der Waals surface area contributed by atoms with Crippen LogP contribution in [0.15, 0.2) is 0 Å². The molecular weight excluding hydrogens is 232 g/mol. The van der Waals surface area contributed by atoms with Crippen LogP contribution in [0.3, 0.4) is 0 Å². The summed E-state index contributed by atoms with van der Waals surface area (Å²) in [7, 11) is 6.66. The molecule has 2 heteroatoms. The average molecular weight is 260 g/mol. The van der Waals surface area contributed by atoms with Crippen molar-refractivity contribution in [2.75, 3.05) is 26.0 Å². The molecule has 1 aromatic carbocycles. The summed E-state index contributed by atoms with van der Waals surface area (Å²) < 4.78 is 0. The van der Waals surface area contributed by atoms with E-state index < -0.39 is 0 Å². The van der Waals surface area contributed by atoms with E-state index in [-0.39, 0.29) is 0 Å². The molecule has 19 heavy (non-hydrogen) atoms. The number of anilines is 1. The molecule has 1 heterocycles. The maximum atomic E-state index is 2.48. The van der Waals surface area contributed by atoms with E-state index >= 15 is 0 Å². The highest BCUT2D eigenvalue weighted by Crippen LogP contribution is 2.44. The average Bonchev–Trinajstić information content (AvgIpc) is 2.36. The lowest BCUT2D eigenvalue weighted by Crippen LogP contribution is -2.40. The minimum Gasteiger partial charge on any atom is -0.371 e. The monoisotopic (exact) mass is 260 g/mol.